The Morgan fingerprint density at radius 3 is 2.27 bits per heavy atom. The van der Waals surface area contributed by atoms with Crippen LogP contribution in [0.5, 0.6) is 0 Å². The number of halogens is 3. The van der Waals surface area contributed by atoms with Gasteiger partial charge in [0.1, 0.15) is 23.2 Å². The number of aromatic nitrogens is 1. The van der Waals surface area contributed by atoms with E-state index in [0.29, 0.717) is 17.5 Å². The lowest BCUT2D eigenvalue weighted by atomic mass is 9.88. The fraction of sp³-hybridized carbons (Fsp3) is 0.0909. The summed E-state index contributed by atoms with van der Waals surface area (Å²) in [5.41, 5.74) is 4.73. The lowest BCUT2D eigenvalue weighted by molar-refractivity contribution is -0.128. The van der Waals surface area contributed by atoms with E-state index in [-0.39, 0.29) is 17.2 Å². The van der Waals surface area contributed by atoms with Crippen LogP contribution in [0.4, 0.5) is 13.2 Å². The zero-order chi connectivity index (χ0) is 28.2. The molecule has 8 heteroatoms. The molecule has 0 unspecified atom stereocenters. The number of hydrogen-bond acceptors (Lipinski definition) is 3. The monoisotopic (exact) mass is 550 g/mol. The fourth-order valence-electron chi connectivity index (χ4n) is 5.85. The predicted molar refractivity (Wildman–Crippen MR) is 146 cm³/mol. The Morgan fingerprint density at radius 2 is 1.54 bits per heavy atom. The van der Waals surface area contributed by atoms with Crippen molar-refractivity contribution in [3.63, 3.8) is 0 Å². The third kappa shape index (κ3) is 4.28. The zero-order valence-corrected chi connectivity index (χ0v) is 21.4. The van der Waals surface area contributed by atoms with Crippen molar-refractivity contribution in [2.24, 2.45) is 0 Å². The summed E-state index contributed by atoms with van der Waals surface area (Å²) in [4.78, 5) is 31.5. The molecule has 1 N–H and O–H groups in total. The van der Waals surface area contributed by atoms with Crippen molar-refractivity contribution in [1.29, 1.82) is 0 Å². The molecule has 0 aliphatic carbocycles. The van der Waals surface area contributed by atoms with E-state index in [4.69, 9.17) is 4.74 Å². The maximum atomic E-state index is 13.8. The topological polar surface area (TPSA) is 62.4 Å². The SMILES string of the molecule is O=C(OC1=CC(=O)N2[C@H](c3ccc(-c4cc(F)cc(F)c4)cc3)c3[nH]c4ccccc4c3C[C@@H]12)c1ccc(F)cc1. The second kappa shape index (κ2) is 9.52. The molecule has 4 aromatic carbocycles. The first-order chi connectivity index (χ1) is 19.9. The van der Waals surface area contributed by atoms with E-state index in [0.717, 1.165) is 33.8 Å². The van der Waals surface area contributed by atoms with Gasteiger partial charge < -0.3 is 14.6 Å². The van der Waals surface area contributed by atoms with Gasteiger partial charge in [0.15, 0.2) is 0 Å². The number of hydrogen-bond donors (Lipinski definition) is 1. The van der Waals surface area contributed by atoms with E-state index in [1.807, 2.05) is 36.4 Å². The number of carbonyl (C=O) groups excluding carboxylic acids is 2. The molecule has 1 aromatic heterocycles. The lowest BCUT2D eigenvalue weighted by Gasteiger charge is -2.39. The number of nitrogens with one attached hydrogen (secondary N) is 1. The zero-order valence-electron chi connectivity index (χ0n) is 21.4. The molecule has 2 aliphatic rings. The Labute approximate surface area is 232 Å². The highest BCUT2D eigenvalue weighted by Crippen LogP contribution is 2.45. The molecule has 2 aliphatic heterocycles. The summed E-state index contributed by atoms with van der Waals surface area (Å²) in [6.07, 6.45) is 1.75. The Kier molecular flexibility index (Phi) is 5.78. The fourth-order valence-corrected chi connectivity index (χ4v) is 5.85. The summed E-state index contributed by atoms with van der Waals surface area (Å²) in [5, 5.41) is 1.00. The van der Waals surface area contributed by atoms with E-state index in [1.54, 1.807) is 17.0 Å². The highest BCUT2D eigenvalue weighted by Gasteiger charge is 2.46. The van der Waals surface area contributed by atoms with E-state index in [1.165, 1.54) is 42.5 Å². The summed E-state index contributed by atoms with van der Waals surface area (Å²) in [6.45, 7) is 0. The van der Waals surface area contributed by atoms with Gasteiger partial charge in [0.25, 0.3) is 5.91 Å². The number of nitrogens with zero attached hydrogens (tertiary/aromatic N) is 1. The molecule has 7 rings (SSSR count). The number of carbonyl (C=O) groups is 2. The van der Waals surface area contributed by atoms with E-state index >= 15 is 0 Å². The molecular formula is C33H21F3N2O3. The third-order valence-electron chi connectivity index (χ3n) is 7.69. The molecule has 0 radical (unpaired) electrons. The first-order valence-electron chi connectivity index (χ1n) is 13.0. The van der Waals surface area contributed by atoms with Gasteiger partial charge >= 0.3 is 5.97 Å². The van der Waals surface area contributed by atoms with Gasteiger partial charge in [-0.25, -0.2) is 18.0 Å². The van der Waals surface area contributed by atoms with Crippen LogP contribution in [0, 0.1) is 17.5 Å². The minimum absolute atomic E-state index is 0.169. The third-order valence-corrected chi connectivity index (χ3v) is 7.69. The predicted octanol–water partition coefficient (Wildman–Crippen LogP) is 6.85. The molecule has 0 saturated heterocycles. The van der Waals surface area contributed by atoms with Crippen LogP contribution in [0.1, 0.15) is 33.2 Å². The number of H-pyrrole nitrogens is 1. The molecule has 5 nitrogen and oxygen atoms in total. The van der Waals surface area contributed by atoms with E-state index in [2.05, 4.69) is 4.98 Å². The van der Waals surface area contributed by atoms with E-state index in [9.17, 15) is 22.8 Å². The molecule has 5 aromatic rings. The average molecular weight is 551 g/mol. The number of aromatic amines is 1. The van der Waals surface area contributed by atoms with Crippen LogP contribution in [0.2, 0.25) is 0 Å². The molecule has 41 heavy (non-hydrogen) atoms. The largest absolute Gasteiger partial charge is 0.425 e. The summed E-state index contributed by atoms with van der Waals surface area (Å²) < 4.78 is 46.8. The molecule has 0 saturated carbocycles. The Bertz CT molecular complexity index is 1860. The number of amides is 1. The number of esters is 1. The van der Waals surface area contributed by atoms with Crippen molar-refractivity contribution < 1.29 is 27.5 Å². The number of rotatable bonds is 4. The number of benzene rings is 4. The molecule has 0 fully saturated rings. The molecule has 0 spiro atoms. The molecule has 3 heterocycles. The van der Waals surface area contributed by atoms with Crippen molar-refractivity contribution in [3.8, 4) is 11.1 Å². The van der Waals surface area contributed by atoms with E-state index < -0.39 is 35.5 Å². The summed E-state index contributed by atoms with van der Waals surface area (Å²) in [7, 11) is 0. The van der Waals surface area contributed by atoms with Crippen molar-refractivity contribution in [2.75, 3.05) is 0 Å². The lowest BCUT2D eigenvalue weighted by Crippen LogP contribution is -2.44. The van der Waals surface area contributed by atoms with Crippen LogP contribution in [0.15, 0.2) is 103 Å². The van der Waals surface area contributed by atoms with Gasteiger partial charge in [0.2, 0.25) is 0 Å². The quantitative estimate of drug-likeness (QED) is 0.249. The highest BCUT2D eigenvalue weighted by molar-refractivity contribution is 5.96. The second-order valence-corrected chi connectivity index (χ2v) is 10.2. The van der Waals surface area contributed by atoms with Crippen LogP contribution < -0.4 is 0 Å². The van der Waals surface area contributed by atoms with Crippen LogP contribution in [-0.4, -0.2) is 27.8 Å². The molecular weight excluding hydrogens is 529 g/mol. The van der Waals surface area contributed by atoms with Gasteiger partial charge in [-0.1, -0.05) is 42.5 Å². The normalized spacial score (nSPS) is 17.8. The summed E-state index contributed by atoms with van der Waals surface area (Å²) in [5.74, 6) is -2.59. The maximum Gasteiger partial charge on any atom is 0.343 e. The first kappa shape index (κ1) is 24.9. The van der Waals surface area contributed by atoms with Gasteiger partial charge in [-0.05, 0) is 64.7 Å². The van der Waals surface area contributed by atoms with Crippen molar-refractivity contribution in [2.45, 2.75) is 18.5 Å². The Hall–Kier alpha value is -5.11. The van der Waals surface area contributed by atoms with Gasteiger partial charge in [-0.2, -0.15) is 0 Å². The van der Waals surface area contributed by atoms with Gasteiger partial charge in [-0.3, -0.25) is 4.79 Å². The van der Waals surface area contributed by atoms with Gasteiger partial charge in [0.05, 0.1) is 17.6 Å². The van der Waals surface area contributed by atoms with Gasteiger partial charge in [0, 0.05) is 35.2 Å². The standard InChI is InChI=1S/C33H21F3N2O3/c34-22-11-9-20(10-12-22)33(40)41-29-17-30(39)38-28(29)16-26-25-3-1-2-4-27(25)37-31(26)32(38)19-7-5-18(6-8-19)21-13-23(35)15-24(36)14-21/h1-15,17,28,32,37H,16H2/t28-,32+/m0/s1. The second-order valence-electron chi connectivity index (χ2n) is 10.2. The molecule has 0 bridgehead atoms. The van der Waals surface area contributed by atoms with Crippen LogP contribution in [-0.2, 0) is 16.0 Å². The minimum atomic E-state index is -0.682. The Balaban J connectivity index is 1.28. The summed E-state index contributed by atoms with van der Waals surface area (Å²) >= 11 is 0. The van der Waals surface area contributed by atoms with Crippen molar-refractivity contribution in [3.05, 3.63) is 143 Å². The minimum Gasteiger partial charge on any atom is -0.425 e. The molecule has 2 atom stereocenters. The number of ether oxygens (including phenoxy) is 1. The smallest absolute Gasteiger partial charge is 0.343 e. The van der Waals surface area contributed by atoms with Crippen LogP contribution >= 0.6 is 0 Å². The van der Waals surface area contributed by atoms with Crippen molar-refractivity contribution >= 4 is 22.8 Å². The van der Waals surface area contributed by atoms with Crippen LogP contribution in [0.25, 0.3) is 22.0 Å². The number of fused-ring (bicyclic) bond motifs is 4. The van der Waals surface area contributed by atoms with Crippen molar-refractivity contribution in [1.82, 2.24) is 9.88 Å². The Morgan fingerprint density at radius 1 is 0.829 bits per heavy atom. The first-order valence-corrected chi connectivity index (χ1v) is 13.0. The average Bonchev–Trinajstić information content (AvgIpc) is 3.48. The van der Waals surface area contributed by atoms with Crippen LogP contribution in [0.3, 0.4) is 0 Å². The molecule has 202 valence electrons. The maximum absolute atomic E-state index is 13.8. The highest BCUT2D eigenvalue weighted by atomic mass is 19.1. The van der Waals surface area contributed by atoms with Gasteiger partial charge in [-0.15, -0.1) is 0 Å². The number of para-hydroxylation sites is 1. The molecule has 1 amide bonds. The summed E-state index contributed by atoms with van der Waals surface area (Å²) in [6, 6.07) is 22.3.